The molecule has 76 valence electrons. The van der Waals surface area contributed by atoms with E-state index in [1.807, 2.05) is 0 Å². The highest BCUT2D eigenvalue weighted by Gasteiger charge is 1.97. The second-order valence-corrected chi connectivity index (χ2v) is 2.32. The van der Waals surface area contributed by atoms with Gasteiger partial charge in [0.05, 0.1) is 6.54 Å². The Labute approximate surface area is 79.3 Å². The molecular formula is C7H9FN4O2. The predicted octanol–water partition coefficient (Wildman–Crippen LogP) is 0.123. The van der Waals surface area contributed by atoms with Gasteiger partial charge < -0.3 is 15.8 Å². The van der Waals surface area contributed by atoms with Crippen molar-refractivity contribution in [1.29, 1.82) is 0 Å². The van der Waals surface area contributed by atoms with E-state index in [-0.39, 0.29) is 6.61 Å². The molecule has 0 aliphatic carbocycles. The van der Waals surface area contributed by atoms with Crippen LogP contribution in [-0.2, 0) is 4.74 Å². The van der Waals surface area contributed by atoms with Crippen molar-refractivity contribution in [3.63, 3.8) is 0 Å². The number of hydrogen-bond acceptors (Lipinski definition) is 5. The van der Waals surface area contributed by atoms with Crippen LogP contribution in [0.3, 0.4) is 0 Å². The van der Waals surface area contributed by atoms with Gasteiger partial charge >= 0.3 is 6.09 Å². The number of carbonyl (C=O) groups is 1. The third-order valence-corrected chi connectivity index (χ3v) is 1.29. The molecule has 1 aromatic heterocycles. The van der Waals surface area contributed by atoms with Gasteiger partial charge in [-0.15, -0.1) is 0 Å². The van der Waals surface area contributed by atoms with Crippen molar-refractivity contribution in [3.8, 4) is 0 Å². The molecule has 14 heavy (non-hydrogen) atoms. The van der Waals surface area contributed by atoms with E-state index in [0.29, 0.717) is 12.4 Å². The van der Waals surface area contributed by atoms with Gasteiger partial charge in [-0.25, -0.2) is 14.8 Å². The van der Waals surface area contributed by atoms with Crippen LogP contribution < -0.4 is 11.1 Å². The Morgan fingerprint density at radius 1 is 1.64 bits per heavy atom. The maximum Gasteiger partial charge on any atom is 0.404 e. The average molecular weight is 200 g/mol. The van der Waals surface area contributed by atoms with Gasteiger partial charge in [0.15, 0.2) is 0 Å². The van der Waals surface area contributed by atoms with Gasteiger partial charge in [-0.1, -0.05) is 0 Å². The van der Waals surface area contributed by atoms with Crippen LogP contribution in [0.1, 0.15) is 0 Å². The molecule has 0 aliphatic heterocycles. The molecule has 3 N–H and O–H groups in total. The fourth-order valence-corrected chi connectivity index (χ4v) is 0.761. The highest BCUT2D eigenvalue weighted by atomic mass is 19.1. The van der Waals surface area contributed by atoms with Crippen molar-refractivity contribution in [2.75, 3.05) is 18.5 Å². The van der Waals surface area contributed by atoms with Crippen molar-refractivity contribution >= 4 is 11.9 Å². The number of hydrogen-bond donors (Lipinski definition) is 2. The van der Waals surface area contributed by atoms with Crippen LogP contribution in [0, 0.1) is 5.95 Å². The van der Waals surface area contributed by atoms with E-state index in [2.05, 4.69) is 20.0 Å². The summed E-state index contributed by atoms with van der Waals surface area (Å²) in [6.07, 6.45) is 0.243. The monoisotopic (exact) mass is 200 g/mol. The lowest BCUT2D eigenvalue weighted by Crippen LogP contribution is -2.18. The van der Waals surface area contributed by atoms with Crippen molar-refractivity contribution < 1.29 is 13.9 Å². The number of nitrogens with zero attached hydrogens (tertiary/aromatic N) is 2. The van der Waals surface area contributed by atoms with Crippen LogP contribution >= 0.6 is 0 Å². The molecule has 0 radical (unpaired) electrons. The summed E-state index contributed by atoms with van der Waals surface area (Å²) in [5.74, 6) is -0.302. The number of rotatable bonds is 4. The van der Waals surface area contributed by atoms with Crippen LogP contribution in [0.4, 0.5) is 15.0 Å². The molecule has 0 spiro atoms. The predicted molar refractivity (Wildman–Crippen MR) is 46.0 cm³/mol. The van der Waals surface area contributed by atoms with E-state index in [1.165, 1.54) is 0 Å². The van der Waals surface area contributed by atoms with Gasteiger partial charge in [0, 0.05) is 6.07 Å². The number of ether oxygens (including phenoxy) is 1. The molecule has 0 unspecified atom stereocenters. The Balaban J connectivity index is 2.28. The molecule has 0 aliphatic rings. The first kappa shape index (κ1) is 10.2. The molecule has 1 amide bonds. The summed E-state index contributed by atoms with van der Waals surface area (Å²) < 4.78 is 16.9. The first-order chi connectivity index (χ1) is 6.68. The van der Waals surface area contributed by atoms with Gasteiger partial charge in [-0.05, 0) is 0 Å². The molecule has 7 heteroatoms. The van der Waals surface area contributed by atoms with Crippen LogP contribution in [-0.4, -0.2) is 29.2 Å². The standard InChI is InChI=1S/C7H9FN4O2/c8-5-3-6(12-4-11-5)10-1-2-14-7(9)13/h3-4H,1-2H2,(H2,9,13)(H,10,11,12). The number of amides is 1. The number of anilines is 1. The lowest BCUT2D eigenvalue weighted by atomic mass is 10.5. The minimum Gasteiger partial charge on any atom is -0.448 e. The Hall–Kier alpha value is -1.92. The number of halogens is 1. The van der Waals surface area contributed by atoms with E-state index in [0.717, 1.165) is 12.4 Å². The Bertz CT molecular complexity index is 320. The number of primary amides is 1. The highest BCUT2D eigenvalue weighted by molar-refractivity contribution is 5.64. The molecule has 1 heterocycles. The van der Waals surface area contributed by atoms with E-state index < -0.39 is 12.0 Å². The SMILES string of the molecule is NC(=O)OCCNc1cc(F)ncn1. The summed E-state index contributed by atoms with van der Waals surface area (Å²) in [5.41, 5.74) is 4.72. The van der Waals surface area contributed by atoms with E-state index in [1.54, 1.807) is 0 Å². The molecule has 0 saturated carbocycles. The third kappa shape index (κ3) is 3.65. The van der Waals surface area contributed by atoms with Crippen molar-refractivity contribution in [3.05, 3.63) is 18.3 Å². The van der Waals surface area contributed by atoms with Crippen LogP contribution in [0.5, 0.6) is 0 Å². The Morgan fingerprint density at radius 3 is 3.07 bits per heavy atom. The largest absolute Gasteiger partial charge is 0.448 e. The van der Waals surface area contributed by atoms with E-state index in [4.69, 9.17) is 5.73 Å². The Morgan fingerprint density at radius 2 is 2.43 bits per heavy atom. The summed E-state index contributed by atoms with van der Waals surface area (Å²) in [4.78, 5) is 17.1. The molecule has 1 rings (SSSR count). The molecule has 0 atom stereocenters. The fraction of sp³-hybridized carbons (Fsp3) is 0.286. The van der Waals surface area contributed by atoms with Crippen molar-refractivity contribution in [1.82, 2.24) is 9.97 Å². The molecule has 6 nitrogen and oxygen atoms in total. The van der Waals surface area contributed by atoms with Gasteiger partial charge in [-0.3, -0.25) is 0 Å². The van der Waals surface area contributed by atoms with Gasteiger partial charge in [0.25, 0.3) is 0 Å². The molecule has 0 fully saturated rings. The van der Waals surface area contributed by atoms with Crippen LogP contribution in [0.25, 0.3) is 0 Å². The normalized spacial score (nSPS) is 9.50. The van der Waals surface area contributed by atoms with Crippen molar-refractivity contribution in [2.45, 2.75) is 0 Å². The van der Waals surface area contributed by atoms with Crippen LogP contribution in [0.2, 0.25) is 0 Å². The maximum atomic E-state index is 12.5. The molecule has 1 aromatic rings. The topological polar surface area (TPSA) is 90.1 Å². The Kier molecular flexibility index (Phi) is 3.59. The van der Waals surface area contributed by atoms with E-state index in [9.17, 15) is 9.18 Å². The molecule has 0 saturated heterocycles. The summed E-state index contributed by atoms with van der Waals surface area (Å²) in [7, 11) is 0. The lowest BCUT2D eigenvalue weighted by Gasteiger charge is -2.04. The minimum absolute atomic E-state index is 0.0982. The zero-order chi connectivity index (χ0) is 10.4. The minimum atomic E-state index is -0.847. The van der Waals surface area contributed by atoms with Crippen molar-refractivity contribution in [2.24, 2.45) is 5.73 Å². The summed E-state index contributed by atoms with van der Waals surface area (Å²) >= 11 is 0. The summed E-state index contributed by atoms with van der Waals surface area (Å²) in [6.45, 7) is 0.403. The lowest BCUT2D eigenvalue weighted by molar-refractivity contribution is 0.161. The fourth-order valence-electron chi connectivity index (χ4n) is 0.761. The summed E-state index contributed by atoms with van der Waals surface area (Å²) in [6, 6.07) is 1.13. The highest BCUT2D eigenvalue weighted by Crippen LogP contribution is 2.00. The smallest absolute Gasteiger partial charge is 0.404 e. The number of carbonyl (C=O) groups excluding carboxylic acids is 1. The number of nitrogens with two attached hydrogens (primary N) is 1. The first-order valence-electron chi connectivity index (χ1n) is 3.82. The zero-order valence-electron chi connectivity index (χ0n) is 7.24. The second-order valence-electron chi connectivity index (χ2n) is 2.32. The van der Waals surface area contributed by atoms with Crippen LogP contribution in [0.15, 0.2) is 12.4 Å². The second kappa shape index (κ2) is 4.95. The average Bonchev–Trinajstić information content (AvgIpc) is 2.12. The van der Waals surface area contributed by atoms with Gasteiger partial charge in [-0.2, -0.15) is 4.39 Å². The zero-order valence-corrected chi connectivity index (χ0v) is 7.24. The van der Waals surface area contributed by atoms with Gasteiger partial charge in [0.1, 0.15) is 18.8 Å². The molecular weight excluding hydrogens is 191 g/mol. The molecule has 0 aromatic carbocycles. The third-order valence-electron chi connectivity index (χ3n) is 1.29. The summed E-state index contributed by atoms with van der Waals surface area (Å²) in [5, 5.41) is 2.72. The maximum absolute atomic E-state index is 12.5. The first-order valence-corrected chi connectivity index (χ1v) is 3.82. The van der Waals surface area contributed by atoms with E-state index >= 15 is 0 Å². The molecule has 0 bridgehead atoms. The number of nitrogens with one attached hydrogen (secondary N) is 1. The van der Waals surface area contributed by atoms with Gasteiger partial charge in [0.2, 0.25) is 5.95 Å². The number of aromatic nitrogens is 2. The quantitative estimate of drug-likeness (QED) is 0.532.